The first-order valence-corrected chi connectivity index (χ1v) is 11.1. The minimum absolute atomic E-state index is 0.498. The first-order chi connectivity index (χ1) is 15.9. The molecule has 0 aromatic carbocycles. The van der Waals surface area contributed by atoms with Crippen molar-refractivity contribution in [1.82, 2.24) is 4.90 Å². The Morgan fingerprint density at radius 2 is 1.12 bits per heavy atom. The monoisotopic (exact) mass is 491 g/mol. The molecular formula is C22H37NO11. The Morgan fingerprint density at radius 1 is 0.647 bits per heavy atom. The van der Waals surface area contributed by atoms with Gasteiger partial charge in [0, 0.05) is 35.0 Å². The van der Waals surface area contributed by atoms with Crippen molar-refractivity contribution in [3.8, 4) is 0 Å². The fourth-order valence-corrected chi connectivity index (χ4v) is 4.48. The van der Waals surface area contributed by atoms with E-state index in [0.717, 1.165) is 0 Å². The third kappa shape index (κ3) is 6.64. The summed E-state index contributed by atoms with van der Waals surface area (Å²) < 4.78 is 45.8. The minimum atomic E-state index is -1.13. The second kappa shape index (κ2) is 12.2. The summed E-state index contributed by atoms with van der Waals surface area (Å²) in [6.07, 6.45) is -7.09. The molecule has 0 amide bonds. The summed E-state index contributed by atoms with van der Waals surface area (Å²) in [6, 6.07) is -0.583. The Bertz CT molecular complexity index is 717. The molecule has 2 aliphatic heterocycles. The zero-order valence-electron chi connectivity index (χ0n) is 21.2. The van der Waals surface area contributed by atoms with Crippen molar-refractivity contribution < 1.29 is 52.3 Å². The fourth-order valence-electron chi connectivity index (χ4n) is 4.48. The number of hydrogen-bond donors (Lipinski definition) is 0. The predicted octanol–water partition coefficient (Wildman–Crippen LogP) is 0.248. The van der Waals surface area contributed by atoms with Crippen LogP contribution in [0.2, 0.25) is 0 Å². The van der Waals surface area contributed by atoms with E-state index in [-0.39, 0.29) is 0 Å². The highest BCUT2D eigenvalue weighted by Gasteiger charge is 2.54. The highest BCUT2D eigenvalue weighted by Crippen LogP contribution is 2.34. The number of likely N-dealkylation sites (N-methyl/N-ethyl adjacent to an activating group) is 1. The van der Waals surface area contributed by atoms with E-state index in [1.165, 1.54) is 35.0 Å². The third-order valence-electron chi connectivity index (χ3n) is 5.80. The van der Waals surface area contributed by atoms with Gasteiger partial charge in [0.15, 0.2) is 18.5 Å². The number of carbonyl (C=O) groups is 3. The lowest BCUT2D eigenvalue weighted by molar-refractivity contribution is -0.346. The molecule has 0 spiro atoms. The summed E-state index contributed by atoms with van der Waals surface area (Å²) in [7, 11) is 6.50. The van der Waals surface area contributed by atoms with E-state index in [1.54, 1.807) is 32.8 Å². The highest BCUT2D eigenvalue weighted by atomic mass is 16.8. The standard InChI is InChI=1S/C22H37NO11/c1-10-16(15(23(6)7)18(31-12(3)24)21(29-10)33-14(5)26)34-22-20(28-9)19(32-13(4)25)17(27-8)11(2)30-22/h10-11,15-22H,1-9H3/t10-,11-,15+,16-,17-,18-,19+,20-,21?,22+/m1/s1. The molecule has 0 radical (unpaired) electrons. The van der Waals surface area contributed by atoms with Gasteiger partial charge in [-0.1, -0.05) is 0 Å². The number of esters is 3. The number of hydrogen-bond acceptors (Lipinski definition) is 12. The molecule has 34 heavy (non-hydrogen) atoms. The largest absolute Gasteiger partial charge is 0.457 e. The fraction of sp³-hybridized carbons (Fsp3) is 0.864. The molecule has 0 saturated carbocycles. The Labute approximate surface area is 200 Å². The van der Waals surface area contributed by atoms with E-state index in [9.17, 15) is 14.4 Å². The van der Waals surface area contributed by atoms with E-state index in [2.05, 4.69) is 0 Å². The van der Waals surface area contributed by atoms with Crippen LogP contribution in [0.15, 0.2) is 0 Å². The molecule has 2 rings (SSSR count). The van der Waals surface area contributed by atoms with Crippen LogP contribution in [0.5, 0.6) is 0 Å². The van der Waals surface area contributed by atoms with Crippen molar-refractivity contribution in [3.63, 3.8) is 0 Å². The van der Waals surface area contributed by atoms with Gasteiger partial charge in [0.05, 0.1) is 18.2 Å². The average molecular weight is 492 g/mol. The van der Waals surface area contributed by atoms with Gasteiger partial charge >= 0.3 is 17.9 Å². The van der Waals surface area contributed by atoms with E-state index in [1.807, 2.05) is 0 Å². The van der Waals surface area contributed by atoms with Crippen LogP contribution in [0.4, 0.5) is 0 Å². The van der Waals surface area contributed by atoms with Gasteiger partial charge < -0.3 is 42.8 Å². The summed E-state index contributed by atoms with van der Waals surface area (Å²) in [5.74, 6) is -1.65. The molecule has 2 fully saturated rings. The van der Waals surface area contributed by atoms with Gasteiger partial charge in [-0.2, -0.15) is 0 Å². The van der Waals surface area contributed by atoms with Crippen LogP contribution in [0.25, 0.3) is 0 Å². The summed E-state index contributed by atoms with van der Waals surface area (Å²) >= 11 is 0. The number of carbonyl (C=O) groups excluding carboxylic acids is 3. The van der Waals surface area contributed by atoms with Gasteiger partial charge in [-0.15, -0.1) is 0 Å². The number of nitrogens with zero attached hydrogens (tertiary/aromatic N) is 1. The molecule has 1 unspecified atom stereocenters. The van der Waals surface area contributed by atoms with Gasteiger partial charge in [0.2, 0.25) is 6.29 Å². The molecule has 2 aliphatic rings. The summed E-state index contributed by atoms with van der Waals surface area (Å²) in [6.45, 7) is 7.32. The molecule has 2 heterocycles. The Balaban J connectivity index is 2.38. The third-order valence-corrected chi connectivity index (χ3v) is 5.80. The van der Waals surface area contributed by atoms with E-state index < -0.39 is 79.3 Å². The van der Waals surface area contributed by atoms with Gasteiger partial charge in [-0.05, 0) is 27.9 Å². The van der Waals surface area contributed by atoms with E-state index in [4.69, 9.17) is 37.9 Å². The SMILES string of the molecule is CO[C@H]1[C@H](O[C@H]2[C@H](N(C)C)[C@@H](OC(C)=O)C(OC(C)=O)O[C@@H]2C)O[C@H](C)[C@@H](OC)[C@@H]1OC(C)=O. The predicted molar refractivity (Wildman–Crippen MR) is 115 cm³/mol. The lowest BCUT2D eigenvalue weighted by Gasteiger charge is -2.50. The Hall–Kier alpha value is -1.83. The maximum atomic E-state index is 11.9. The number of rotatable bonds is 8. The average Bonchev–Trinajstić information content (AvgIpc) is 2.70. The molecule has 196 valence electrons. The Morgan fingerprint density at radius 3 is 1.59 bits per heavy atom. The molecule has 0 aromatic heterocycles. The second-order valence-electron chi connectivity index (χ2n) is 8.63. The van der Waals surface area contributed by atoms with Crippen LogP contribution in [-0.2, 0) is 52.3 Å². The van der Waals surface area contributed by atoms with Gasteiger partial charge in [-0.25, -0.2) is 0 Å². The molecule has 0 bridgehead atoms. The number of methoxy groups -OCH3 is 2. The molecule has 0 N–H and O–H groups in total. The zero-order chi connectivity index (χ0) is 25.7. The molecular weight excluding hydrogens is 454 g/mol. The highest BCUT2D eigenvalue weighted by molar-refractivity contribution is 5.67. The van der Waals surface area contributed by atoms with Crippen molar-refractivity contribution in [3.05, 3.63) is 0 Å². The smallest absolute Gasteiger partial charge is 0.305 e. The first-order valence-electron chi connectivity index (χ1n) is 11.1. The summed E-state index contributed by atoms with van der Waals surface area (Å²) in [5.41, 5.74) is 0. The van der Waals surface area contributed by atoms with Crippen molar-refractivity contribution in [2.75, 3.05) is 28.3 Å². The summed E-state index contributed by atoms with van der Waals surface area (Å²) in [4.78, 5) is 37.1. The molecule has 0 aliphatic carbocycles. The van der Waals surface area contributed by atoms with Gasteiger partial charge in [0.1, 0.15) is 18.3 Å². The lowest BCUT2D eigenvalue weighted by Crippen LogP contribution is -2.67. The van der Waals surface area contributed by atoms with Crippen LogP contribution in [0, 0.1) is 0 Å². The van der Waals surface area contributed by atoms with Gasteiger partial charge in [0.25, 0.3) is 0 Å². The lowest BCUT2D eigenvalue weighted by atomic mass is 9.94. The van der Waals surface area contributed by atoms with Crippen molar-refractivity contribution in [2.45, 2.75) is 96.0 Å². The number of ether oxygens (including phenoxy) is 8. The van der Waals surface area contributed by atoms with Crippen LogP contribution in [0.1, 0.15) is 34.6 Å². The molecule has 0 aromatic rings. The van der Waals surface area contributed by atoms with Crippen LogP contribution >= 0.6 is 0 Å². The van der Waals surface area contributed by atoms with Crippen LogP contribution in [-0.4, -0.2) is 112 Å². The van der Waals surface area contributed by atoms with Crippen LogP contribution < -0.4 is 0 Å². The van der Waals surface area contributed by atoms with Gasteiger partial charge in [-0.3, -0.25) is 14.4 Å². The maximum Gasteiger partial charge on any atom is 0.305 e. The van der Waals surface area contributed by atoms with E-state index in [0.29, 0.717) is 0 Å². The molecule has 12 nitrogen and oxygen atoms in total. The Kier molecular flexibility index (Phi) is 10.2. The normalized spacial score (nSPS) is 38.3. The second-order valence-corrected chi connectivity index (χ2v) is 8.63. The molecule has 10 atom stereocenters. The minimum Gasteiger partial charge on any atom is -0.457 e. The first kappa shape index (κ1) is 28.4. The molecule has 2 saturated heterocycles. The maximum absolute atomic E-state index is 11.9. The van der Waals surface area contributed by atoms with Crippen molar-refractivity contribution >= 4 is 17.9 Å². The zero-order valence-corrected chi connectivity index (χ0v) is 21.2. The van der Waals surface area contributed by atoms with Crippen molar-refractivity contribution in [2.24, 2.45) is 0 Å². The molecule has 12 heteroatoms. The quantitative estimate of drug-likeness (QED) is 0.341. The summed E-state index contributed by atoms with van der Waals surface area (Å²) in [5, 5.41) is 0. The topological polar surface area (TPSA) is 128 Å². The van der Waals surface area contributed by atoms with Crippen molar-refractivity contribution in [1.29, 1.82) is 0 Å². The van der Waals surface area contributed by atoms with Crippen LogP contribution in [0.3, 0.4) is 0 Å². The van der Waals surface area contributed by atoms with E-state index >= 15 is 0 Å².